The Balaban J connectivity index is 1.87. The zero-order valence-electron chi connectivity index (χ0n) is 10.7. The van der Waals surface area contributed by atoms with Gasteiger partial charge in [0.05, 0.1) is 7.11 Å². The number of likely N-dealkylation sites (tertiary alicyclic amines) is 1. The lowest BCUT2D eigenvalue weighted by molar-refractivity contribution is 0.166. The molecular formula is C13H17FN2O3. The molecule has 2 rings (SSSR count). The molecule has 1 amide bonds. The quantitative estimate of drug-likeness (QED) is 0.871. The number of alkyl carbamates (subject to hydrolysis) is 1. The minimum absolute atomic E-state index is 0.0643. The van der Waals surface area contributed by atoms with Gasteiger partial charge in [0.15, 0.2) is 11.6 Å². The largest absolute Gasteiger partial charge is 0.505 e. The predicted octanol–water partition coefficient (Wildman–Crippen LogP) is 1.46. The van der Waals surface area contributed by atoms with E-state index in [1.807, 2.05) is 0 Å². The summed E-state index contributed by atoms with van der Waals surface area (Å²) in [5.41, 5.74) is 0.800. The lowest BCUT2D eigenvalue weighted by Gasteiger charge is -2.16. The van der Waals surface area contributed by atoms with Crippen LogP contribution in [0.5, 0.6) is 5.75 Å². The van der Waals surface area contributed by atoms with Gasteiger partial charge in [-0.15, -0.1) is 0 Å². The molecule has 1 aromatic carbocycles. The minimum atomic E-state index is -0.610. The third-order valence-corrected chi connectivity index (χ3v) is 3.20. The number of carbonyl (C=O) groups is 1. The van der Waals surface area contributed by atoms with Crippen molar-refractivity contribution in [1.82, 2.24) is 10.2 Å². The summed E-state index contributed by atoms with van der Waals surface area (Å²) in [4.78, 5) is 13.2. The van der Waals surface area contributed by atoms with Crippen LogP contribution in [-0.4, -0.2) is 42.3 Å². The highest BCUT2D eigenvalue weighted by Gasteiger charge is 2.24. The van der Waals surface area contributed by atoms with Crippen molar-refractivity contribution in [3.63, 3.8) is 0 Å². The summed E-state index contributed by atoms with van der Waals surface area (Å²) < 4.78 is 17.8. The van der Waals surface area contributed by atoms with Gasteiger partial charge in [-0.05, 0) is 24.1 Å². The average molecular weight is 268 g/mol. The van der Waals surface area contributed by atoms with Gasteiger partial charge < -0.3 is 15.2 Å². The molecule has 1 unspecified atom stereocenters. The topological polar surface area (TPSA) is 61.8 Å². The molecule has 6 heteroatoms. The van der Waals surface area contributed by atoms with Crippen LogP contribution in [0.3, 0.4) is 0 Å². The Bertz CT molecular complexity index is 467. The van der Waals surface area contributed by atoms with Crippen molar-refractivity contribution in [1.29, 1.82) is 0 Å². The van der Waals surface area contributed by atoms with E-state index in [1.165, 1.54) is 19.2 Å². The molecule has 1 atom stereocenters. The van der Waals surface area contributed by atoms with E-state index in [0.717, 1.165) is 18.5 Å². The van der Waals surface area contributed by atoms with E-state index in [9.17, 15) is 9.18 Å². The van der Waals surface area contributed by atoms with Crippen LogP contribution in [0.4, 0.5) is 9.18 Å². The molecule has 5 nitrogen and oxygen atoms in total. The number of nitrogens with one attached hydrogen (secondary N) is 1. The number of rotatable bonds is 3. The fourth-order valence-electron chi connectivity index (χ4n) is 2.23. The van der Waals surface area contributed by atoms with E-state index in [0.29, 0.717) is 13.1 Å². The third kappa shape index (κ3) is 3.57. The Labute approximate surface area is 111 Å². The van der Waals surface area contributed by atoms with Crippen molar-refractivity contribution in [2.75, 3.05) is 20.2 Å². The molecule has 0 aromatic heterocycles. The summed E-state index contributed by atoms with van der Waals surface area (Å²) in [5, 5.41) is 11.9. The Morgan fingerprint density at radius 3 is 3.11 bits per heavy atom. The van der Waals surface area contributed by atoms with Gasteiger partial charge >= 0.3 is 6.09 Å². The number of benzene rings is 1. The number of aromatic hydroxyl groups is 1. The maximum atomic E-state index is 13.2. The van der Waals surface area contributed by atoms with Gasteiger partial charge in [0.1, 0.15) is 0 Å². The number of carbonyl (C=O) groups excluding carboxylic acids is 1. The second-order valence-corrected chi connectivity index (χ2v) is 4.64. The summed E-state index contributed by atoms with van der Waals surface area (Å²) in [6.45, 7) is 2.13. The summed E-state index contributed by atoms with van der Waals surface area (Å²) in [7, 11) is 1.33. The number of phenolic OH excluding ortho intramolecular Hbond substituents is 1. The van der Waals surface area contributed by atoms with Crippen molar-refractivity contribution >= 4 is 6.09 Å². The fourth-order valence-corrected chi connectivity index (χ4v) is 2.23. The molecule has 2 N–H and O–H groups in total. The predicted molar refractivity (Wildman–Crippen MR) is 67.3 cm³/mol. The summed E-state index contributed by atoms with van der Waals surface area (Å²) in [6, 6.07) is 4.44. The number of hydrogen-bond donors (Lipinski definition) is 2. The maximum Gasteiger partial charge on any atom is 0.407 e. The van der Waals surface area contributed by atoms with Gasteiger partial charge in [0, 0.05) is 25.7 Å². The number of amides is 1. The number of hydrogen-bond acceptors (Lipinski definition) is 4. The van der Waals surface area contributed by atoms with Crippen LogP contribution < -0.4 is 5.32 Å². The molecule has 0 aliphatic carbocycles. The van der Waals surface area contributed by atoms with Gasteiger partial charge in [-0.3, -0.25) is 4.90 Å². The molecule has 19 heavy (non-hydrogen) atoms. The molecule has 0 saturated carbocycles. The lowest BCUT2D eigenvalue weighted by atomic mass is 10.2. The number of phenols is 1. The Morgan fingerprint density at radius 1 is 1.63 bits per heavy atom. The molecule has 1 aliphatic heterocycles. The summed E-state index contributed by atoms with van der Waals surface area (Å²) in [5.74, 6) is -0.948. The number of nitrogens with zero attached hydrogens (tertiary/aromatic N) is 1. The maximum absolute atomic E-state index is 13.2. The van der Waals surface area contributed by atoms with Crippen LogP contribution in [0.2, 0.25) is 0 Å². The molecule has 104 valence electrons. The fraction of sp³-hybridized carbons (Fsp3) is 0.462. The molecule has 1 fully saturated rings. The zero-order valence-corrected chi connectivity index (χ0v) is 10.7. The van der Waals surface area contributed by atoms with Crippen LogP contribution in [0, 0.1) is 5.82 Å². The van der Waals surface area contributed by atoms with Gasteiger partial charge in [-0.1, -0.05) is 6.07 Å². The van der Waals surface area contributed by atoms with Crippen molar-refractivity contribution in [2.24, 2.45) is 0 Å². The first-order valence-corrected chi connectivity index (χ1v) is 6.12. The number of ether oxygens (including phenoxy) is 1. The van der Waals surface area contributed by atoms with Crippen LogP contribution in [0.1, 0.15) is 12.0 Å². The molecule has 1 saturated heterocycles. The van der Waals surface area contributed by atoms with Crippen LogP contribution >= 0.6 is 0 Å². The molecule has 0 spiro atoms. The van der Waals surface area contributed by atoms with Crippen molar-refractivity contribution < 1.29 is 19.0 Å². The summed E-state index contributed by atoms with van der Waals surface area (Å²) >= 11 is 0. The van der Waals surface area contributed by atoms with Gasteiger partial charge in [-0.2, -0.15) is 0 Å². The lowest BCUT2D eigenvalue weighted by Crippen LogP contribution is -2.36. The monoisotopic (exact) mass is 268 g/mol. The van der Waals surface area contributed by atoms with Crippen molar-refractivity contribution in [2.45, 2.75) is 19.0 Å². The summed E-state index contributed by atoms with van der Waals surface area (Å²) in [6.07, 6.45) is 0.415. The second kappa shape index (κ2) is 5.88. The molecular weight excluding hydrogens is 251 g/mol. The first-order chi connectivity index (χ1) is 9.08. The van der Waals surface area contributed by atoms with Crippen molar-refractivity contribution in [3.8, 4) is 5.75 Å². The Morgan fingerprint density at radius 2 is 2.42 bits per heavy atom. The second-order valence-electron chi connectivity index (χ2n) is 4.64. The SMILES string of the molecule is COC(=O)NC1CCN(Cc2ccc(O)c(F)c2)C1. The van der Waals surface area contributed by atoms with E-state index in [1.54, 1.807) is 6.07 Å². The van der Waals surface area contributed by atoms with Gasteiger partial charge in [0.2, 0.25) is 0 Å². The first kappa shape index (κ1) is 13.6. The minimum Gasteiger partial charge on any atom is -0.505 e. The van der Waals surface area contributed by atoms with Crippen molar-refractivity contribution in [3.05, 3.63) is 29.6 Å². The van der Waals surface area contributed by atoms with Crippen LogP contribution in [0.25, 0.3) is 0 Å². The number of halogens is 1. The highest BCUT2D eigenvalue weighted by molar-refractivity contribution is 5.67. The standard InChI is InChI=1S/C13H17FN2O3/c1-19-13(18)15-10-4-5-16(8-10)7-9-2-3-12(17)11(14)6-9/h2-3,6,10,17H,4-5,7-8H2,1H3,(H,15,18). The first-order valence-electron chi connectivity index (χ1n) is 6.12. The van der Waals surface area contributed by atoms with E-state index >= 15 is 0 Å². The molecule has 1 heterocycles. The van der Waals surface area contributed by atoms with Crippen LogP contribution in [0.15, 0.2) is 18.2 Å². The number of methoxy groups -OCH3 is 1. The van der Waals surface area contributed by atoms with Gasteiger partial charge in [-0.25, -0.2) is 9.18 Å². The zero-order chi connectivity index (χ0) is 13.8. The molecule has 0 radical (unpaired) electrons. The van der Waals surface area contributed by atoms with Crippen LogP contribution in [-0.2, 0) is 11.3 Å². The normalized spacial score (nSPS) is 19.4. The Hall–Kier alpha value is -1.82. The third-order valence-electron chi connectivity index (χ3n) is 3.20. The van der Waals surface area contributed by atoms with E-state index < -0.39 is 11.9 Å². The smallest absolute Gasteiger partial charge is 0.407 e. The Kier molecular flexibility index (Phi) is 4.21. The average Bonchev–Trinajstić information content (AvgIpc) is 2.81. The highest BCUT2D eigenvalue weighted by Crippen LogP contribution is 2.19. The van der Waals surface area contributed by atoms with E-state index in [-0.39, 0.29) is 11.8 Å². The van der Waals surface area contributed by atoms with E-state index in [4.69, 9.17) is 5.11 Å². The molecule has 0 bridgehead atoms. The van der Waals surface area contributed by atoms with Gasteiger partial charge in [0.25, 0.3) is 0 Å². The highest BCUT2D eigenvalue weighted by atomic mass is 19.1. The van der Waals surface area contributed by atoms with E-state index in [2.05, 4.69) is 15.0 Å². The molecule has 1 aromatic rings. The molecule has 1 aliphatic rings.